The summed E-state index contributed by atoms with van der Waals surface area (Å²) in [5.41, 5.74) is -2.93. The van der Waals surface area contributed by atoms with Crippen molar-refractivity contribution < 1.29 is 27.5 Å². The molecule has 27 heavy (non-hydrogen) atoms. The fourth-order valence-electron chi connectivity index (χ4n) is 3.65. The Bertz CT molecular complexity index is 772. The van der Waals surface area contributed by atoms with Gasteiger partial charge >= 0.3 is 0 Å². The number of aliphatic hydroxyl groups is 1. The van der Waals surface area contributed by atoms with Gasteiger partial charge < -0.3 is 5.11 Å². The number of fused-ring (bicyclic) bond motifs is 1. The quantitative estimate of drug-likeness (QED) is 0.760. The van der Waals surface area contributed by atoms with E-state index < -0.39 is 36.6 Å². The Morgan fingerprint density at radius 1 is 1.37 bits per heavy atom. The molecule has 1 amide bonds. The second-order valence-electron chi connectivity index (χ2n) is 8.22. The maximum Gasteiger partial charge on any atom is 0.287 e. The summed E-state index contributed by atoms with van der Waals surface area (Å²) in [5, 5.41) is 15.2. The van der Waals surface area contributed by atoms with Crippen LogP contribution in [-0.4, -0.2) is 40.3 Å². The summed E-state index contributed by atoms with van der Waals surface area (Å²) in [6.07, 6.45) is -5.36. The number of rotatable bonds is 3. The van der Waals surface area contributed by atoms with Crippen molar-refractivity contribution in [3.05, 3.63) is 21.4 Å². The monoisotopic (exact) mass is 406 g/mol. The van der Waals surface area contributed by atoms with E-state index in [4.69, 9.17) is 0 Å². The van der Waals surface area contributed by atoms with Crippen LogP contribution in [-0.2, 0) is 12.8 Å². The number of hydrogen-bond donors (Lipinski definition) is 1. The number of thiophene rings is 1. The molecule has 0 saturated carbocycles. The van der Waals surface area contributed by atoms with E-state index in [1.165, 1.54) is 11.3 Å². The molecule has 0 saturated heterocycles. The standard InChI is InChI=1S/C18H22F4N2O2S/c1-17(2,3)9-4-5-10-11(8-27-13(10)6-9)15(25)24-18(26,16(21)22)7-12(23-24)14(19)20/h8-9,14,16,26H,4-7H2,1-3H3/t9-,18-/m1/s1. The second kappa shape index (κ2) is 6.84. The second-order valence-corrected chi connectivity index (χ2v) is 9.19. The molecule has 2 aliphatic rings. The van der Waals surface area contributed by atoms with E-state index in [-0.39, 0.29) is 16.0 Å². The van der Waals surface area contributed by atoms with Crippen LogP contribution in [0.1, 0.15) is 54.4 Å². The van der Waals surface area contributed by atoms with Crippen LogP contribution in [0.2, 0.25) is 0 Å². The lowest BCUT2D eigenvalue weighted by Gasteiger charge is -2.34. The largest absolute Gasteiger partial charge is 0.364 e. The van der Waals surface area contributed by atoms with Gasteiger partial charge in [0.1, 0.15) is 5.71 Å². The Labute approximate surface area is 158 Å². The molecule has 3 rings (SSSR count). The number of carbonyl (C=O) groups excluding carboxylic acids is 1. The normalized spacial score (nSPS) is 25.9. The molecule has 150 valence electrons. The van der Waals surface area contributed by atoms with E-state index in [9.17, 15) is 27.5 Å². The zero-order valence-electron chi connectivity index (χ0n) is 15.3. The number of hydrogen-bond acceptors (Lipinski definition) is 4. The van der Waals surface area contributed by atoms with Gasteiger partial charge in [-0.2, -0.15) is 10.1 Å². The van der Waals surface area contributed by atoms with E-state index in [1.54, 1.807) is 5.38 Å². The average Bonchev–Trinajstić information content (AvgIpc) is 3.15. The lowest BCUT2D eigenvalue weighted by atomic mass is 9.72. The summed E-state index contributed by atoms with van der Waals surface area (Å²) in [4.78, 5) is 13.8. The summed E-state index contributed by atoms with van der Waals surface area (Å²) in [6.45, 7) is 6.45. The Morgan fingerprint density at radius 3 is 2.59 bits per heavy atom. The number of alkyl halides is 4. The minimum atomic E-state index is -3.42. The summed E-state index contributed by atoms with van der Waals surface area (Å²) in [7, 11) is 0. The van der Waals surface area contributed by atoms with Crippen molar-refractivity contribution >= 4 is 23.0 Å². The van der Waals surface area contributed by atoms with Gasteiger partial charge in [0, 0.05) is 16.7 Å². The molecule has 0 unspecified atom stereocenters. The highest BCUT2D eigenvalue weighted by Gasteiger charge is 2.53. The van der Waals surface area contributed by atoms with Gasteiger partial charge in [-0.05, 0) is 36.2 Å². The van der Waals surface area contributed by atoms with Crippen LogP contribution in [0.25, 0.3) is 0 Å². The first kappa shape index (κ1) is 20.3. The highest BCUT2D eigenvalue weighted by molar-refractivity contribution is 7.10. The topological polar surface area (TPSA) is 52.9 Å². The predicted molar refractivity (Wildman–Crippen MR) is 94.5 cm³/mol. The summed E-state index contributed by atoms with van der Waals surface area (Å²) in [5.74, 6) is -0.528. The average molecular weight is 406 g/mol. The van der Waals surface area contributed by atoms with Crippen molar-refractivity contribution in [3.63, 3.8) is 0 Å². The molecule has 0 spiro atoms. The van der Waals surface area contributed by atoms with Crippen molar-refractivity contribution in [1.82, 2.24) is 5.01 Å². The summed E-state index contributed by atoms with van der Waals surface area (Å²) < 4.78 is 52.6. The van der Waals surface area contributed by atoms with Gasteiger partial charge in [-0.15, -0.1) is 11.3 Å². The summed E-state index contributed by atoms with van der Waals surface area (Å²) >= 11 is 1.36. The lowest BCUT2D eigenvalue weighted by molar-refractivity contribution is -0.164. The molecule has 1 N–H and O–H groups in total. The Hall–Kier alpha value is -1.48. The predicted octanol–water partition coefficient (Wildman–Crippen LogP) is 4.32. The first-order valence-electron chi connectivity index (χ1n) is 8.75. The van der Waals surface area contributed by atoms with Gasteiger partial charge in [-0.1, -0.05) is 20.8 Å². The van der Waals surface area contributed by atoms with E-state index in [0.29, 0.717) is 12.3 Å². The van der Waals surface area contributed by atoms with Crippen molar-refractivity contribution in [2.75, 3.05) is 0 Å². The van der Waals surface area contributed by atoms with Gasteiger partial charge in [-0.3, -0.25) is 4.79 Å². The van der Waals surface area contributed by atoms with Crippen LogP contribution in [0, 0.1) is 11.3 Å². The van der Waals surface area contributed by atoms with Crippen molar-refractivity contribution in [3.8, 4) is 0 Å². The Kier molecular flexibility index (Phi) is 5.14. The first-order chi connectivity index (χ1) is 12.4. The molecule has 4 nitrogen and oxygen atoms in total. The molecule has 2 heterocycles. The van der Waals surface area contributed by atoms with Crippen LogP contribution < -0.4 is 0 Å². The van der Waals surface area contributed by atoms with Crippen molar-refractivity contribution in [1.29, 1.82) is 0 Å². The zero-order valence-corrected chi connectivity index (χ0v) is 16.1. The smallest absolute Gasteiger partial charge is 0.287 e. The van der Waals surface area contributed by atoms with Crippen LogP contribution >= 0.6 is 11.3 Å². The molecule has 0 aromatic carbocycles. The van der Waals surface area contributed by atoms with E-state index in [1.807, 2.05) is 0 Å². The van der Waals surface area contributed by atoms with E-state index in [0.717, 1.165) is 23.3 Å². The molecular formula is C18H22F4N2O2S. The molecule has 9 heteroatoms. The molecule has 1 aliphatic heterocycles. The number of halogens is 4. The molecule has 1 aromatic rings. The fraction of sp³-hybridized carbons (Fsp3) is 0.667. The molecule has 2 atom stereocenters. The van der Waals surface area contributed by atoms with Crippen LogP contribution in [0.4, 0.5) is 17.6 Å². The lowest BCUT2D eigenvalue weighted by Crippen LogP contribution is -2.51. The minimum Gasteiger partial charge on any atom is -0.364 e. The zero-order chi connectivity index (χ0) is 20.1. The number of hydrazone groups is 1. The van der Waals surface area contributed by atoms with Gasteiger partial charge in [0.2, 0.25) is 5.72 Å². The molecule has 1 aliphatic carbocycles. The third-order valence-corrected chi connectivity index (χ3v) is 6.49. The van der Waals surface area contributed by atoms with Gasteiger partial charge in [-0.25, -0.2) is 17.6 Å². The minimum absolute atomic E-state index is 0.104. The third-order valence-electron chi connectivity index (χ3n) is 5.44. The van der Waals surface area contributed by atoms with E-state index >= 15 is 0 Å². The molecule has 0 radical (unpaired) electrons. The maximum atomic E-state index is 13.4. The molecule has 1 aromatic heterocycles. The molecule has 0 fully saturated rings. The van der Waals surface area contributed by atoms with Crippen LogP contribution in [0.5, 0.6) is 0 Å². The number of nitrogens with zero attached hydrogens (tertiary/aromatic N) is 2. The summed E-state index contributed by atoms with van der Waals surface area (Å²) in [6, 6.07) is 0. The van der Waals surface area contributed by atoms with Gasteiger partial charge in [0.15, 0.2) is 0 Å². The fourth-order valence-corrected chi connectivity index (χ4v) is 4.80. The number of amides is 1. The van der Waals surface area contributed by atoms with Crippen LogP contribution in [0.3, 0.4) is 0 Å². The Balaban J connectivity index is 1.92. The third kappa shape index (κ3) is 3.51. The number of carbonyl (C=O) groups is 1. The molecule has 0 bridgehead atoms. The van der Waals surface area contributed by atoms with Crippen LogP contribution in [0.15, 0.2) is 10.5 Å². The van der Waals surface area contributed by atoms with Crippen molar-refractivity contribution in [2.45, 2.75) is 65.0 Å². The first-order valence-corrected chi connectivity index (χ1v) is 9.63. The van der Waals surface area contributed by atoms with Gasteiger partial charge in [0.25, 0.3) is 18.8 Å². The van der Waals surface area contributed by atoms with Crippen molar-refractivity contribution in [2.24, 2.45) is 16.4 Å². The Morgan fingerprint density at radius 2 is 2.04 bits per heavy atom. The SMILES string of the molecule is CC(C)(C)[C@@H]1CCc2c(C(=O)N3N=C(C(F)F)C[C@@]3(O)C(F)F)csc2C1. The van der Waals surface area contributed by atoms with Gasteiger partial charge in [0.05, 0.1) is 5.56 Å². The highest BCUT2D eigenvalue weighted by Crippen LogP contribution is 2.42. The maximum absolute atomic E-state index is 13.4. The molecular weight excluding hydrogens is 384 g/mol. The van der Waals surface area contributed by atoms with E-state index in [2.05, 4.69) is 25.9 Å². The highest BCUT2D eigenvalue weighted by atomic mass is 32.1.